The van der Waals surface area contributed by atoms with Crippen LogP contribution in [0.5, 0.6) is 0 Å². The second-order valence-corrected chi connectivity index (χ2v) is 8.51. The summed E-state index contributed by atoms with van der Waals surface area (Å²) < 4.78 is 37.5. The summed E-state index contributed by atoms with van der Waals surface area (Å²) in [5, 5.41) is 8.87. The fourth-order valence-electron chi connectivity index (χ4n) is 3.51. The molecule has 0 N–H and O–H groups in total. The number of pyridine rings is 1. The summed E-state index contributed by atoms with van der Waals surface area (Å²) in [6.07, 6.45) is -2.10. The van der Waals surface area contributed by atoms with Gasteiger partial charge in [-0.3, -0.25) is 9.59 Å². The molecule has 0 aromatic carbocycles. The van der Waals surface area contributed by atoms with Gasteiger partial charge in [0.25, 0.3) is 5.78 Å². The first-order valence-corrected chi connectivity index (χ1v) is 10.6. The molecule has 1 atom stereocenters. The van der Waals surface area contributed by atoms with Crippen LogP contribution in [0.25, 0.3) is 0 Å². The van der Waals surface area contributed by atoms with Crippen molar-refractivity contribution in [3.05, 3.63) is 45.8 Å². The minimum absolute atomic E-state index is 0.00286. The largest absolute Gasteiger partial charge is 0.455 e. The number of thiophene rings is 1. The number of anilines is 1. The molecule has 0 saturated carbocycles. The lowest BCUT2D eigenvalue weighted by atomic mass is 10.1. The van der Waals surface area contributed by atoms with Crippen molar-refractivity contribution in [2.45, 2.75) is 38.4 Å². The highest BCUT2D eigenvalue weighted by molar-refractivity contribution is 7.14. The van der Waals surface area contributed by atoms with E-state index in [2.05, 4.69) is 9.88 Å². The van der Waals surface area contributed by atoms with E-state index in [0.29, 0.717) is 49.3 Å². The Labute approximate surface area is 181 Å². The van der Waals surface area contributed by atoms with Crippen LogP contribution in [-0.4, -0.2) is 53.4 Å². The predicted octanol–water partition coefficient (Wildman–Crippen LogP) is 3.82. The lowest BCUT2D eigenvalue weighted by Crippen LogP contribution is -2.54. The topological polar surface area (TPSA) is 77.3 Å². The summed E-state index contributed by atoms with van der Waals surface area (Å²) in [5.74, 6) is -1.06. The number of aryl methyl sites for hydroxylation is 1. The zero-order valence-electron chi connectivity index (χ0n) is 16.9. The van der Waals surface area contributed by atoms with Gasteiger partial charge in [0.2, 0.25) is 5.91 Å². The molecule has 3 rings (SSSR count). The number of hydrogen-bond donors (Lipinski definition) is 0. The zero-order valence-corrected chi connectivity index (χ0v) is 17.7. The highest BCUT2D eigenvalue weighted by Crippen LogP contribution is 2.27. The van der Waals surface area contributed by atoms with Gasteiger partial charge in [0.05, 0.1) is 10.4 Å². The Morgan fingerprint density at radius 3 is 2.65 bits per heavy atom. The van der Waals surface area contributed by atoms with Gasteiger partial charge >= 0.3 is 6.18 Å². The first-order chi connectivity index (χ1) is 14.7. The second kappa shape index (κ2) is 9.47. The van der Waals surface area contributed by atoms with Gasteiger partial charge in [0.15, 0.2) is 0 Å². The van der Waals surface area contributed by atoms with Crippen LogP contribution in [0.2, 0.25) is 0 Å². The van der Waals surface area contributed by atoms with Crippen LogP contribution in [0.3, 0.4) is 0 Å². The Balaban J connectivity index is 1.48. The van der Waals surface area contributed by atoms with Crippen LogP contribution in [0.1, 0.15) is 39.9 Å². The summed E-state index contributed by atoms with van der Waals surface area (Å²) in [5.41, 5.74) is 0.492. The van der Waals surface area contributed by atoms with Gasteiger partial charge < -0.3 is 9.80 Å². The van der Waals surface area contributed by atoms with Crippen molar-refractivity contribution in [1.82, 2.24) is 9.88 Å². The number of amides is 1. The Bertz CT molecular complexity index is 982. The van der Waals surface area contributed by atoms with E-state index in [9.17, 15) is 22.8 Å². The van der Waals surface area contributed by atoms with E-state index in [1.807, 2.05) is 17.9 Å². The molecule has 2 aromatic rings. The Hall–Kier alpha value is -2.93. The molecule has 0 bridgehead atoms. The van der Waals surface area contributed by atoms with E-state index in [0.717, 1.165) is 17.2 Å². The minimum Gasteiger partial charge on any atom is -0.353 e. The molecule has 1 aliphatic heterocycles. The van der Waals surface area contributed by atoms with E-state index in [-0.39, 0.29) is 16.8 Å². The highest BCUT2D eigenvalue weighted by Gasteiger charge is 2.40. The Morgan fingerprint density at radius 2 is 2.03 bits per heavy atom. The van der Waals surface area contributed by atoms with Crippen LogP contribution >= 0.6 is 11.3 Å². The highest BCUT2D eigenvalue weighted by atomic mass is 32.1. The van der Waals surface area contributed by atoms with Gasteiger partial charge in [0, 0.05) is 43.2 Å². The van der Waals surface area contributed by atoms with Crippen LogP contribution in [-0.2, 0) is 11.2 Å². The number of carbonyl (C=O) groups excluding carboxylic acids is 2. The van der Waals surface area contributed by atoms with Crippen molar-refractivity contribution >= 4 is 28.8 Å². The maximum atomic E-state index is 12.6. The lowest BCUT2D eigenvalue weighted by molar-refractivity contribution is -0.133. The van der Waals surface area contributed by atoms with Crippen LogP contribution in [0, 0.1) is 11.3 Å². The number of alkyl halides is 3. The molecule has 0 aliphatic carbocycles. The maximum absolute atomic E-state index is 12.6. The molecule has 1 unspecified atom stereocenters. The molecule has 1 amide bonds. The zero-order chi connectivity index (χ0) is 22.6. The third-order valence-corrected chi connectivity index (χ3v) is 6.25. The number of nitrogens with zero attached hydrogens (tertiary/aromatic N) is 4. The van der Waals surface area contributed by atoms with Crippen LogP contribution in [0.15, 0.2) is 30.5 Å². The van der Waals surface area contributed by atoms with Gasteiger partial charge in [-0.2, -0.15) is 18.4 Å². The van der Waals surface area contributed by atoms with E-state index in [1.54, 1.807) is 12.1 Å². The number of ketones is 1. The smallest absolute Gasteiger partial charge is 0.353 e. The predicted molar refractivity (Wildman–Crippen MR) is 110 cm³/mol. The third kappa shape index (κ3) is 5.61. The fourth-order valence-corrected chi connectivity index (χ4v) is 4.52. The summed E-state index contributed by atoms with van der Waals surface area (Å²) in [4.78, 5) is 32.4. The molecule has 10 heteroatoms. The Morgan fingerprint density at radius 1 is 1.26 bits per heavy atom. The van der Waals surface area contributed by atoms with Gasteiger partial charge in [0.1, 0.15) is 11.9 Å². The van der Waals surface area contributed by atoms with E-state index >= 15 is 0 Å². The second-order valence-electron chi connectivity index (χ2n) is 7.35. The van der Waals surface area contributed by atoms with Crippen molar-refractivity contribution in [1.29, 1.82) is 5.26 Å². The summed E-state index contributed by atoms with van der Waals surface area (Å²) in [7, 11) is 0. The quantitative estimate of drug-likeness (QED) is 0.626. The Kier molecular flexibility index (Phi) is 6.95. The first-order valence-electron chi connectivity index (χ1n) is 9.80. The summed E-state index contributed by atoms with van der Waals surface area (Å²) >= 11 is 0.828. The van der Waals surface area contributed by atoms with Gasteiger partial charge in [-0.15, -0.1) is 11.3 Å². The van der Waals surface area contributed by atoms with E-state index in [4.69, 9.17) is 5.26 Å². The first kappa shape index (κ1) is 22.7. The number of halogens is 3. The number of aromatic nitrogens is 1. The van der Waals surface area contributed by atoms with Crippen molar-refractivity contribution in [2.75, 3.05) is 24.5 Å². The number of piperazine rings is 1. The van der Waals surface area contributed by atoms with Crippen LogP contribution in [0.4, 0.5) is 19.0 Å². The molecule has 0 radical (unpaired) electrons. The molecule has 2 aromatic heterocycles. The van der Waals surface area contributed by atoms with Crippen molar-refractivity contribution < 1.29 is 22.8 Å². The number of Topliss-reactive ketones (excluding diaryl/α,β-unsaturated/α-hetero) is 1. The van der Waals surface area contributed by atoms with Gasteiger partial charge in [-0.05, 0) is 44.0 Å². The van der Waals surface area contributed by atoms with Crippen molar-refractivity contribution in [3.63, 3.8) is 0 Å². The number of nitriles is 1. The van der Waals surface area contributed by atoms with E-state index in [1.165, 1.54) is 18.3 Å². The standard InChI is InChI=1S/C21H21F3N4O2S/c1-14-13-27(18-8-5-15(11-25)12-26-18)9-10-28(14)19(29)4-2-3-16-6-7-17(31-16)20(30)21(22,23)24/h5-8,12,14H,2-4,9-10,13H2,1H3. The monoisotopic (exact) mass is 450 g/mol. The fraction of sp³-hybridized carbons (Fsp3) is 0.429. The molecular formula is C21H21F3N4O2S. The molecule has 1 saturated heterocycles. The average molecular weight is 450 g/mol. The molecule has 164 valence electrons. The molecule has 6 nitrogen and oxygen atoms in total. The molecule has 3 heterocycles. The van der Waals surface area contributed by atoms with Gasteiger partial charge in [-0.25, -0.2) is 4.98 Å². The number of hydrogen-bond acceptors (Lipinski definition) is 6. The lowest BCUT2D eigenvalue weighted by Gasteiger charge is -2.40. The van der Waals surface area contributed by atoms with Crippen LogP contribution < -0.4 is 4.90 Å². The number of rotatable bonds is 6. The average Bonchev–Trinajstić information content (AvgIpc) is 3.21. The molecular weight excluding hydrogens is 429 g/mol. The molecule has 1 fully saturated rings. The summed E-state index contributed by atoms with van der Waals surface area (Å²) in [6, 6.07) is 8.22. The molecule has 31 heavy (non-hydrogen) atoms. The van der Waals surface area contributed by atoms with Crippen molar-refractivity contribution in [3.8, 4) is 6.07 Å². The normalized spacial score (nSPS) is 16.8. The number of carbonyl (C=O) groups is 2. The van der Waals surface area contributed by atoms with Gasteiger partial charge in [-0.1, -0.05) is 0 Å². The SMILES string of the molecule is CC1CN(c2ccc(C#N)cn2)CCN1C(=O)CCCc1ccc(C(=O)C(F)(F)F)s1. The van der Waals surface area contributed by atoms with E-state index < -0.39 is 12.0 Å². The minimum atomic E-state index is -4.87. The maximum Gasteiger partial charge on any atom is 0.455 e. The molecule has 1 aliphatic rings. The summed E-state index contributed by atoms with van der Waals surface area (Å²) in [6.45, 7) is 3.76. The van der Waals surface area contributed by atoms with Crippen molar-refractivity contribution in [2.24, 2.45) is 0 Å². The molecule has 0 spiro atoms. The third-order valence-electron chi connectivity index (χ3n) is 5.11.